The second-order valence-electron chi connectivity index (χ2n) is 3.60. The zero-order chi connectivity index (χ0) is 9.90. The van der Waals surface area contributed by atoms with Gasteiger partial charge in [0.2, 0.25) is 0 Å². The van der Waals surface area contributed by atoms with Crippen LogP contribution in [0, 0.1) is 0 Å². The molecule has 13 heavy (non-hydrogen) atoms. The van der Waals surface area contributed by atoms with Crippen LogP contribution in [0.15, 0.2) is 11.6 Å². The highest BCUT2D eigenvalue weighted by Crippen LogP contribution is 2.16. The van der Waals surface area contributed by atoms with Gasteiger partial charge in [-0.05, 0) is 13.3 Å². The number of nitrogens with zero attached hydrogens (tertiary/aromatic N) is 1. The minimum atomic E-state index is -2.74. The Kier molecular flexibility index (Phi) is 3.39. The maximum absolute atomic E-state index is 12.8. The van der Waals surface area contributed by atoms with Gasteiger partial charge in [0.1, 0.15) is 0 Å². The van der Waals surface area contributed by atoms with Gasteiger partial charge in [-0.3, -0.25) is 4.90 Å². The predicted molar refractivity (Wildman–Crippen MR) is 48.8 cm³/mol. The van der Waals surface area contributed by atoms with E-state index in [1.54, 1.807) is 4.90 Å². The Morgan fingerprint density at radius 3 is 2.77 bits per heavy atom. The quantitative estimate of drug-likeness (QED) is 0.678. The van der Waals surface area contributed by atoms with Crippen LogP contribution in [-0.4, -0.2) is 37.0 Å². The summed E-state index contributed by atoms with van der Waals surface area (Å²) < 4.78 is 25.7. The highest BCUT2D eigenvalue weighted by atomic mass is 19.3. The van der Waals surface area contributed by atoms with Gasteiger partial charge < -0.3 is 5.73 Å². The molecule has 0 unspecified atom stereocenters. The summed E-state index contributed by atoms with van der Waals surface area (Å²) in [4.78, 5) is 1.74. The lowest BCUT2D eigenvalue weighted by atomic mass is 10.1. The maximum Gasteiger partial charge on any atom is 0.272 e. The predicted octanol–water partition coefficient (Wildman–Crippen LogP) is 1.23. The molecule has 1 heterocycles. The zero-order valence-electron chi connectivity index (χ0n) is 7.89. The van der Waals surface area contributed by atoms with Crippen molar-refractivity contribution in [2.45, 2.75) is 19.3 Å². The third-order valence-corrected chi connectivity index (χ3v) is 2.27. The van der Waals surface area contributed by atoms with E-state index in [1.807, 2.05) is 13.0 Å². The summed E-state index contributed by atoms with van der Waals surface area (Å²) in [6, 6.07) is 0. The van der Waals surface area contributed by atoms with E-state index in [-0.39, 0.29) is 6.54 Å². The number of hydrogen-bond acceptors (Lipinski definition) is 2. The summed E-state index contributed by atoms with van der Waals surface area (Å²) >= 11 is 0. The number of alkyl halides is 2. The summed E-state index contributed by atoms with van der Waals surface area (Å²) in [7, 11) is 0. The molecule has 0 amide bonds. The molecule has 0 fully saturated rings. The lowest BCUT2D eigenvalue weighted by Crippen LogP contribution is -2.43. The highest BCUT2D eigenvalue weighted by molar-refractivity contribution is 5.04. The molecule has 0 aromatic carbocycles. The van der Waals surface area contributed by atoms with Crippen LogP contribution >= 0.6 is 0 Å². The third-order valence-electron chi connectivity index (χ3n) is 2.27. The van der Waals surface area contributed by atoms with Gasteiger partial charge in [-0.25, -0.2) is 8.78 Å². The molecule has 0 aromatic heterocycles. The second kappa shape index (κ2) is 4.15. The van der Waals surface area contributed by atoms with Gasteiger partial charge in [0.05, 0.1) is 13.1 Å². The molecule has 1 rings (SSSR count). The van der Waals surface area contributed by atoms with Gasteiger partial charge in [-0.2, -0.15) is 0 Å². The standard InChI is InChI=1S/C9H16F2N2/c1-8-2-4-13(5-3-8)7-9(10,11)6-12/h2H,3-7,12H2,1H3. The molecular weight excluding hydrogens is 174 g/mol. The molecule has 0 aromatic rings. The van der Waals surface area contributed by atoms with Gasteiger partial charge in [-0.15, -0.1) is 0 Å². The lowest BCUT2D eigenvalue weighted by Gasteiger charge is -2.28. The first-order chi connectivity index (χ1) is 6.03. The van der Waals surface area contributed by atoms with Crippen LogP contribution in [-0.2, 0) is 0 Å². The van der Waals surface area contributed by atoms with E-state index >= 15 is 0 Å². The minimum absolute atomic E-state index is 0.215. The van der Waals surface area contributed by atoms with E-state index in [4.69, 9.17) is 5.73 Å². The summed E-state index contributed by atoms with van der Waals surface area (Å²) in [6.45, 7) is 2.59. The maximum atomic E-state index is 12.8. The molecule has 0 atom stereocenters. The van der Waals surface area contributed by atoms with Crippen molar-refractivity contribution in [1.82, 2.24) is 4.90 Å². The number of rotatable bonds is 3. The van der Waals surface area contributed by atoms with Crippen molar-refractivity contribution in [2.75, 3.05) is 26.2 Å². The normalized spacial score (nSPS) is 20.2. The fourth-order valence-electron chi connectivity index (χ4n) is 1.35. The molecule has 0 aliphatic carbocycles. The van der Waals surface area contributed by atoms with Crippen molar-refractivity contribution in [3.05, 3.63) is 11.6 Å². The van der Waals surface area contributed by atoms with Crippen molar-refractivity contribution in [2.24, 2.45) is 5.73 Å². The molecule has 0 spiro atoms. The average molecular weight is 190 g/mol. The Morgan fingerprint density at radius 1 is 1.62 bits per heavy atom. The van der Waals surface area contributed by atoms with Crippen LogP contribution in [0.2, 0.25) is 0 Å². The SMILES string of the molecule is CC1=CCN(CC(F)(F)CN)CC1. The number of halogens is 2. The Balaban J connectivity index is 2.39. The van der Waals surface area contributed by atoms with Crippen molar-refractivity contribution in [1.29, 1.82) is 0 Å². The first-order valence-electron chi connectivity index (χ1n) is 4.49. The molecule has 4 heteroatoms. The van der Waals surface area contributed by atoms with E-state index in [1.165, 1.54) is 5.57 Å². The minimum Gasteiger partial charge on any atom is -0.325 e. The van der Waals surface area contributed by atoms with Crippen molar-refractivity contribution in [3.63, 3.8) is 0 Å². The molecule has 1 aliphatic rings. The van der Waals surface area contributed by atoms with E-state index in [0.717, 1.165) is 13.0 Å². The Morgan fingerprint density at radius 2 is 2.31 bits per heavy atom. The smallest absolute Gasteiger partial charge is 0.272 e. The molecule has 76 valence electrons. The lowest BCUT2D eigenvalue weighted by molar-refractivity contribution is -0.0215. The summed E-state index contributed by atoms with van der Waals surface area (Å²) in [6.07, 6.45) is 2.89. The molecule has 0 saturated carbocycles. The third kappa shape index (κ3) is 3.40. The summed E-state index contributed by atoms with van der Waals surface area (Å²) in [5.74, 6) is -2.74. The highest BCUT2D eigenvalue weighted by Gasteiger charge is 2.29. The molecule has 0 radical (unpaired) electrons. The molecule has 2 nitrogen and oxygen atoms in total. The van der Waals surface area contributed by atoms with Crippen LogP contribution in [0.4, 0.5) is 8.78 Å². The van der Waals surface area contributed by atoms with Gasteiger partial charge in [0.15, 0.2) is 0 Å². The van der Waals surface area contributed by atoms with Crippen molar-refractivity contribution >= 4 is 0 Å². The van der Waals surface area contributed by atoms with Crippen LogP contribution < -0.4 is 5.73 Å². The zero-order valence-corrected chi connectivity index (χ0v) is 7.89. The van der Waals surface area contributed by atoms with Crippen LogP contribution in [0.25, 0.3) is 0 Å². The molecule has 0 saturated heterocycles. The number of nitrogens with two attached hydrogens (primary N) is 1. The second-order valence-corrected chi connectivity index (χ2v) is 3.60. The van der Waals surface area contributed by atoms with Crippen molar-refractivity contribution < 1.29 is 8.78 Å². The number of hydrogen-bond donors (Lipinski definition) is 1. The van der Waals surface area contributed by atoms with Gasteiger partial charge in [0, 0.05) is 13.1 Å². The monoisotopic (exact) mass is 190 g/mol. The summed E-state index contributed by atoms with van der Waals surface area (Å²) in [5.41, 5.74) is 6.24. The molecule has 2 N–H and O–H groups in total. The summed E-state index contributed by atoms with van der Waals surface area (Å²) in [5, 5.41) is 0. The van der Waals surface area contributed by atoms with Gasteiger partial charge >= 0.3 is 0 Å². The fraction of sp³-hybridized carbons (Fsp3) is 0.778. The largest absolute Gasteiger partial charge is 0.325 e. The van der Waals surface area contributed by atoms with E-state index in [0.29, 0.717) is 6.54 Å². The molecular formula is C9H16F2N2. The van der Waals surface area contributed by atoms with Crippen LogP contribution in [0.1, 0.15) is 13.3 Å². The Labute approximate surface area is 77.4 Å². The van der Waals surface area contributed by atoms with E-state index < -0.39 is 12.5 Å². The van der Waals surface area contributed by atoms with E-state index in [9.17, 15) is 8.78 Å². The Hall–Kier alpha value is -0.480. The first-order valence-corrected chi connectivity index (χ1v) is 4.49. The Bertz CT molecular complexity index is 202. The van der Waals surface area contributed by atoms with Gasteiger partial charge in [-0.1, -0.05) is 11.6 Å². The van der Waals surface area contributed by atoms with Crippen molar-refractivity contribution in [3.8, 4) is 0 Å². The molecule has 0 bridgehead atoms. The van der Waals surface area contributed by atoms with Crippen LogP contribution in [0.5, 0.6) is 0 Å². The topological polar surface area (TPSA) is 29.3 Å². The average Bonchev–Trinajstić information content (AvgIpc) is 2.09. The fourth-order valence-corrected chi connectivity index (χ4v) is 1.35. The molecule has 1 aliphatic heterocycles. The van der Waals surface area contributed by atoms with Crippen LogP contribution in [0.3, 0.4) is 0 Å². The van der Waals surface area contributed by atoms with E-state index in [2.05, 4.69) is 0 Å². The first kappa shape index (κ1) is 10.6. The van der Waals surface area contributed by atoms with Gasteiger partial charge in [0.25, 0.3) is 5.92 Å².